The molecule has 0 bridgehead atoms. The number of benzene rings is 2. The Hall–Kier alpha value is -1.96. The number of aryl methyl sites for hydroxylation is 3. The third kappa shape index (κ3) is 2.83. The highest BCUT2D eigenvalue weighted by Gasteiger charge is 2.00. The summed E-state index contributed by atoms with van der Waals surface area (Å²) in [5.41, 5.74) is 12.7. The number of hydrogen-bond acceptors (Lipinski definition) is 2. The molecule has 0 saturated carbocycles. The van der Waals surface area contributed by atoms with Crippen LogP contribution in [0, 0.1) is 13.8 Å². The topological polar surface area (TPSA) is 38.0 Å². The van der Waals surface area contributed by atoms with E-state index in [1.807, 2.05) is 19.1 Å². The highest BCUT2D eigenvalue weighted by molar-refractivity contribution is 5.65. The Morgan fingerprint density at radius 3 is 2.39 bits per heavy atom. The van der Waals surface area contributed by atoms with Crippen molar-refractivity contribution in [2.75, 3.05) is 11.1 Å². The zero-order valence-corrected chi connectivity index (χ0v) is 11.2. The summed E-state index contributed by atoms with van der Waals surface area (Å²) in [5.74, 6) is 0. The van der Waals surface area contributed by atoms with Gasteiger partial charge in [-0.2, -0.15) is 0 Å². The third-order valence-electron chi connectivity index (χ3n) is 3.11. The van der Waals surface area contributed by atoms with Gasteiger partial charge in [0.1, 0.15) is 0 Å². The highest BCUT2D eigenvalue weighted by Crippen LogP contribution is 2.23. The first kappa shape index (κ1) is 12.5. The minimum Gasteiger partial charge on any atom is -0.399 e. The van der Waals surface area contributed by atoms with Crippen molar-refractivity contribution in [3.63, 3.8) is 0 Å². The standard InChI is InChI=1S/C16H20N2/c1-4-13-5-6-15(9-12(13)3)18-16-8-11(2)7-14(17)10-16/h5-10,18H,4,17H2,1-3H3. The van der Waals surface area contributed by atoms with Gasteiger partial charge in [0, 0.05) is 17.1 Å². The van der Waals surface area contributed by atoms with E-state index in [0.717, 1.165) is 23.5 Å². The number of nitrogens with one attached hydrogen (secondary N) is 1. The molecule has 0 aromatic heterocycles. The Kier molecular flexibility index (Phi) is 3.56. The molecule has 0 amide bonds. The van der Waals surface area contributed by atoms with Crippen LogP contribution < -0.4 is 11.1 Å². The number of anilines is 3. The fourth-order valence-corrected chi connectivity index (χ4v) is 2.22. The van der Waals surface area contributed by atoms with Gasteiger partial charge in [-0.3, -0.25) is 0 Å². The lowest BCUT2D eigenvalue weighted by Crippen LogP contribution is -1.95. The molecule has 94 valence electrons. The monoisotopic (exact) mass is 240 g/mol. The molecule has 0 saturated heterocycles. The fraction of sp³-hybridized carbons (Fsp3) is 0.250. The van der Waals surface area contributed by atoms with Crippen molar-refractivity contribution in [3.05, 3.63) is 53.1 Å². The van der Waals surface area contributed by atoms with Gasteiger partial charge in [0.15, 0.2) is 0 Å². The molecule has 2 nitrogen and oxygen atoms in total. The van der Waals surface area contributed by atoms with E-state index in [2.05, 4.69) is 43.4 Å². The van der Waals surface area contributed by atoms with Crippen molar-refractivity contribution in [1.29, 1.82) is 0 Å². The van der Waals surface area contributed by atoms with Gasteiger partial charge in [0.2, 0.25) is 0 Å². The van der Waals surface area contributed by atoms with Crippen LogP contribution in [0.2, 0.25) is 0 Å². The summed E-state index contributed by atoms with van der Waals surface area (Å²) in [6.45, 7) is 6.37. The number of nitrogen functional groups attached to an aromatic ring is 1. The van der Waals surface area contributed by atoms with E-state index in [9.17, 15) is 0 Å². The molecule has 2 rings (SSSR count). The molecule has 0 heterocycles. The van der Waals surface area contributed by atoms with Crippen LogP contribution in [0.5, 0.6) is 0 Å². The average Bonchev–Trinajstić information content (AvgIpc) is 2.27. The zero-order valence-electron chi connectivity index (χ0n) is 11.2. The molecular formula is C16H20N2. The summed E-state index contributed by atoms with van der Waals surface area (Å²) >= 11 is 0. The van der Waals surface area contributed by atoms with Crippen molar-refractivity contribution in [2.24, 2.45) is 0 Å². The smallest absolute Gasteiger partial charge is 0.0407 e. The Bertz CT molecular complexity index is 539. The SMILES string of the molecule is CCc1ccc(Nc2cc(C)cc(N)c2)cc1C. The summed E-state index contributed by atoms with van der Waals surface area (Å²) in [6, 6.07) is 12.5. The van der Waals surface area contributed by atoms with E-state index in [-0.39, 0.29) is 0 Å². The van der Waals surface area contributed by atoms with Crippen LogP contribution in [0.3, 0.4) is 0 Å². The van der Waals surface area contributed by atoms with E-state index in [1.54, 1.807) is 0 Å². The van der Waals surface area contributed by atoms with Crippen molar-refractivity contribution >= 4 is 17.1 Å². The second-order valence-electron chi connectivity index (χ2n) is 4.75. The summed E-state index contributed by atoms with van der Waals surface area (Å²) in [6.07, 6.45) is 1.07. The van der Waals surface area contributed by atoms with Gasteiger partial charge in [-0.25, -0.2) is 0 Å². The molecule has 0 aliphatic rings. The lowest BCUT2D eigenvalue weighted by Gasteiger charge is -2.11. The lowest BCUT2D eigenvalue weighted by molar-refractivity contribution is 1.11. The van der Waals surface area contributed by atoms with Gasteiger partial charge in [-0.05, 0) is 67.3 Å². The van der Waals surface area contributed by atoms with E-state index in [0.29, 0.717) is 0 Å². The zero-order chi connectivity index (χ0) is 13.1. The Balaban J connectivity index is 2.25. The van der Waals surface area contributed by atoms with Crippen LogP contribution in [0.15, 0.2) is 36.4 Å². The maximum Gasteiger partial charge on any atom is 0.0407 e. The molecular weight excluding hydrogens is 220 g/mol. The molecule has 0 radical (unpaired) electrons. The van der Waals surface area contributed by atoms with E-state index in [1.165, 1.54) is 16.7 Å². The quantitative estimate of drug-likeness (QED) is 0.789. The average molecular weight is 240 g/mol. The Morgan fingerprint density at radius 2 is 1.78 bits per heavy atom. The first-order valence-corrected chi connectivity index (χ1v) is 6.32. The molecule has 0 atom stereocenters. The maximum atomic E-state index is 5.85. The first-order valence-electron chi connectivity index (χ1n) is 6.32. The normalized spacial score (nSPS) is 10.4. The molecule has 0 spiro atoms. The molecule has 2 heteroatoms. The molecule has 3 N–H and O–H groups in total. The summed E-state index contributed by atoms with van der Waals surface area (Å²) < 4.78 is 0. The fourth-order valence-electron chi connectivity index (χ4n) is 2.22. The van der Waals surface area contributed by atoms with Gasteiger partial charge in [0.25, 0.3) is 0 Å². The minimum absolute atomic E-state index is 0.791. The van der Waals surface area contributed by atoms with E-state index < -0.39 is 0 Å². The molecule has 2 aromatic rings. The second-order valence-corrected chi connectivity index (χ2v) is 4.75. The largest absolute Gasteiger partial charge is 0.399 e. The molecule has 0 unspecified atom stereocenters. The molecule has 0 aliphatic heterocycles. The number of rotatable bonds is 3. The molecule has 0 aliphatic carbocycles. The van der Waals surface area contributed by atoms with Crippen LogP contribution in [0.4, 0.5) is 17.1 Å². The van der Waals surface area contributed by atoms with Crippen LogP contribution in [0.25, 0.3) is 0 Å². The van der Waals surface area contributed by atoms with Crippen molar-refractivity contribution in [1.82, 2.24) is 0 Å². The minimum atomic E-state index is 0.791. The van der Waals surface area contributed by atoms with Crippen LogP contribution in [0.1, 0.15) is 23.6 Å². The summed E-state index contributed by atoms with van der Waals surface area (Å²) in [7, 11) is 0. The Labute approximate surface area is 109 Å². The van der Waals surface area contributed by atoms with Crippen molar-refractivity contribution in [3.8, 4) is 0 Å². The van der Waals surface area contributed by atoms with Crippen molar-refractivity contribution in [2.45, 2.75) is 27.2 Å². The third-order valence-corrected chi connectivity index (χ3v) is 3.11. The summed E-state index contributed by atoms with van der Waals surface area (Å²) in [4.78, 5) is 0. The van der Waals surface area contributed by atoms with E-state index >= 15 is 0 Å². The van der Waals surface area contributed by atoms with Gasteiger partial charge in [0.05, 0.1) is 0 Å². The van der Waals surface area contributed by atoms with Crippen LogP contribution >= 0.6 is 0 Å². The Morgan fingerprint density at radius 1 is 1.00 bits per heavy atom. The first-order chi connectivity index (χ1) is 8.58. The second kappa shape index (κ2) is 5.13. The highest BCUT2D eigenvalue weighted by atomic mass is 14.9. The maximum absolute atomic E-state index is 5.85. The summed E-state index contributed by atoms with van der Waals surface area (Å²) in [5, 5.41) is 3.40. The predicted molar refractivity (Wildman–Crippen MR) is 79.4 cm³/mol. The van der Waals surface area contributed by atoms with Gasteiger partial charge in [-0.15, -0.1) is 0 Å². The number of nitrogens with two attached hydrogens (primary N) is 1. The number of hydrogen-bond donors (Lipinski definition) is 2. The van der Waals surface area contributed by atoms with Gasteiger partial charge >= 0.3 is 0 Å². The molecule has 18 heavy (non-hydrogen) atoms. The van der Waals surface area contributed by atoms with E-state index in [4.69, 9.17) is 5.73 Å². The van der Waals surface area contributed by atoms with Gasteiger partial charge < -0.3 is 11.1 Å². The molecule has 2 aromatic carbocycles. The van der Waals surface area contributed by atoms with Crippen molar-refractivity contribution < 1.29 is 0 Å². The van der Waals surface area contributed by atoms with Crippen LogP contribution in [-0.4, -0.2) is 0 Å². The lowest BCUT2D eigenvalue weighted by atomic mass is 10.1. The van der Waals surface area contributed by atoms with Crippen LogP contribution in [-0.2, 0) is 6.42 Å². The molecule has 0 fully saturated rings. The van der Waals surface area contributed by atoms with Gasteiger partial charge in [-0.1, -0.05) is 13.0 Å². The predicted octanol–water partition coefficient (Wildman–Crippen LogP) is 4.19.